The first-order valence-corrected chi connectivity index (χ1v) is 5.25. The molecular weight excluding hydrogens is 221 g/mol. The minimum absolute atomic E-state index is 0.149. The van der Waals surface area contributed by atoms with Gasteiger partial charge in [-0.15, -0.1) is 0 Å². The molecule has 17 heavy (non-hydrogen) atoms. The summed E-state index contributed by atoms with van der Waals surface area (Å²) >= 11 is 0. The molecule has 88 valence electrons. The number of aromatic nitrogens is 2. The molecule has 0 unspecified atom stereocenters. The lowest BCUT2D eigenvalue weighted by atomic mass is 10.3. The Bertz CT molecular complexity index is 496. The fourth-order valence-electron chi connectivity index (χ4n) is 1.44. The molecule has 0 fully saturated rings. The molecule has 1 N–H and O–H groups in total. The highest BCUT2D eigenvalue weighted by molar-refractivity contribution is 5.90. The quantitative estimate of drug-likeness (QED) is 0.878. The number of nitrogens with one attached hydrogen (secondary N) is 1. The fourth-order valence-corrected chi connectivity index (χ4v) is 1.44. The van der Waals surface area contributed by atoms with Gasteiger partial charge in [0.05, 0.1) is 6.33 Å². The molecule has 2 aromatic rings. The maximum Gasteiger partial charge on any atom is 0.226 e. The van der Waals surface area contributed by atoms with Crippen molar-refractivity contribution in [2.45, 2.75) is 13.0 Å². The van der Waals surface area contributed by atoms with Crippen molar-refractivity contribution < 1.29 is 9.18 Å². The van der Waals surface area contributed by atoms with E-state index >= 15 is 0 Å². The number of amides is 1. The summed E-state index contributed by atoms with van der Waals surface area (Å²) in [5.41, 5.74) is 0.473. The van der Waals surface area contributed by atoms with Gasteiger partial charge in [-0.25, -0.2) is 9.37 Å². The minimum atomic E-state index is -0.364. The Morgan fingerprint density at radius 3 is 3.06 bits per heavy atom. The summed E-state index contributed by atoms with van der Waals surface area (Å²) in [6.45, 7) is 0.557. The van der Waals surface area contributed by atoms with Crippen molar-refractivity contribution in [2.75, 3.05) is 5.32 Å². The second-order valence-corrected chi connectivity index (χ2v) is 3.61. The summed E-state index contributed by atoms with van der Waals surface area (Å²) in [6.07, 6.45) is 5.42. The first-order valence-electron chi connectivity index (χ1n) is 5.25. The third kappa shape index (κ3) is 3.41. The lowest BCUT2D eigenvalue weighted by Crippen LogP contribution is -2.14. The van der Waals surface area contributed by atoms with Crippen LogP contribution in [0.5, 0.6) is 0 Å². The predicted octanol–water partition coefficient (Wildman–Crippen LogP) is 2.05. The topological polar surface area (TPSA) is 46.9 Å². The Labute approximate surface area is 98.1 Å². The van der Waals surface area contributed by atoms with Gasteiger partial charge >= 0.3 is 0 Å². The van der Waals surface area contributed by atoms with Crippen molar-refractivity contribution in [3.8, 4) is 0 Å². The van der Waals surface area contributed by atoms with Crippen LogP contribution in [0.4, 0.5) is 10.1 Å². The third-order valence-corrected chi connectivity index (χ3v) is 2.26. The number of halogens is 1. The van der Waals surface area contributed by atoms with Crippen LogP contribution in [0.15, 0.2) is 43.0 Å². The molecule has 0 aliphatic carbocycles. The number of carbonyl (C=O) groups is 1. The molecule has 0 radical (unpaired) electrons. The Balaban J connectivity index is 1.85. The van der Waals surface area contributed by atoms with Crippen LogP contribution in [0.1, 0.15) is 6.42 Å². The molecule has 0 saturated heterocycles. The van der Waals surface area contributed by atoms with Crippen LogP contribution in [0.25, 0.3) is 0 Å². The van der Waals surface area contributed by atoms with E-state index < -0.39 is 0 Å². The highest BCUT2D eigenvalue weighted by Crippen LogP contribution is 2.09. The molecule has 1 aromatic heterocycles. The highest BCUT2D eigenvalue weighted by atomic mass is 19.1. The van der Waals surface area contributed by atoms with Crippen LogP contribution in [0.2, 0.25) is 0 Å². The van der Waals surface area contributed by atoms with Crippen LogP contribution in [-0.4, -0.2) is 15.5 Å². The number of benzene rings is 1. The minimum Gasteiger partial charge on any atom is -0.337 e. The van der Waals surface area contributed by atoms with Crippen LogP contribution in [0, 0.1) is 5.82 Å². The zero-order valence-electron chi connectivity index (χ0n) is 9.14. The lowest BCUT2D eigenvalue weighted by Gasteiger charge is -2.05. The summed E-state index contributed by atoms with van der Waals surface area (Å²) < 4.78 is 14.7. The number of carbonyl (C=O) groups excluding carboxylic acids is 1. The lowest BCUT2D eigenvalue weighted by molar-refractivity contribution is -0.116. The van der Waals surface area contributed by atoms with E-state index in [9.17, 15) is 9.18 Å². The Kier molecular flexibility index (Phi) is 3.49. The number of rotatable bonds is 4. The summed E-state index contributed by atoms with van der Waals surface area (Å²) in [5.74, 6) is -0.512. The van der Waals surface area contributed by atoms with E-state index in [1.807, 2.05) is 4.57 Å². The van der Waals surface area contributed by atoms with Crippen LogP contribution < -0.4 is 5.32 Å². The van der Waals surface area contributed by atoms with Crippen LogP contribution in [0.3, 0.4) is 0 Å². The van der Waals surface area contributed by atoms with Gasteiger partial charge in [0.25, 0.3) is 0 Å². The van der Waals surface area contributed by atoms with Gasteiger partial charge in [-0.3, -0.25) is 4.79 Å². The molecule has 4 nitrogen and oxygen atoms in total. The molecule has 1 heterocycles. The maximum atomic E-state index is 12.9. The molecule has 0 aliphatic rings. The molecule has 1 amide bonds. The number of aryl methyl sites for hydroxylation is 1. The van der Waals surface area contributed by atoms with Gasteiger partial charge in [-0.05, 0) is 18.2 Å². The summed E-state index contributed by atoms with van der Waals surface area (Å²) in [5, 5.41) is 2.63. The predicted molar refractivity (Wildman–Crippen MR) is 61.9 cm³/mol. The molecule has 2 rings (SSSR count). The zero-order chi connectivity index (χ0) is 12.1. The average molecular weight is 233 g/mol. The van der Waals surface area contributed by atoms with Crippen LogP contribution in [-0.2, 0) is 11.3 Å². The molecule has 0 atom stereocenters. The molecule has 0 bridgehead atoms. The number of nitrogens with zero attached hydrogens (tertiary/aromatic N) is 2. The largest absolute Gasteiger partial charge is 0.337 e. The van der Waals surface area contributed by atoms with Gasteiger partial charge in [0.1, 0.15) is 5.82 Å². The second-order valence-electron chi connectivity index (χ2n) is 3.61. The van der Waals surface area contributed by atoms with Crippen molar-refractivity contribution in [3.63, 3.8) is 0 Å². The number of imidazole rings is 1. The normalized spacial score (nSPS) is 10.2. The van der Waals surface area contributed by atoms with E-state index in [0.29, 0.717) is 18.7 Å². The summed E-state index contributed by atoms with van der Waals surface area (Å²) in [7, 11) is 0. The van der Waals surface area contributed by atoms with E-state index in [2.05, 4.69) is 10.3 Å². The van der Waals surface area contributed by atoms with E-state index in [-0.39, 0.29) is 11.7 Å². The highest BCUT2D eigenvalue weighted by Gasteiger charge is 2.03. The van der Waals surface area contributed by atoms with Gasteiger partial charge < -0.3 is 9.88 Å². The third-order valence-electron chi connectivity index (χ3n) is 2.26. The molecule has 0 saturated carbocycles. The first-order chi connectivity index (χ1) is 8.24. The second kappa shape index (κ2) is 5.25. The van der Waals surface area contributed by atoms with Gasteiger partial charge in [0.15, 0.2) is 0 Å². The average Bonchev–Trinajstić information content (AvgIpc) is 2.79. The zero-order valence-corrected chi connectivity index (χ0v) is 9.14. The SMILES string of the molecule is O=C(CCn1ccnc1)Nc1cccc(F)c1. The van der Waals surface area contributed by atoms with Crippen molar-refractivity contribution in [3.05, 3.63) is 48.8 Å². The Morgan fingerprint density at radius 1 is 1.47 bits per heavy atom. The fraction of sp³-hybridized carbons (Fsp3) is 0.167. The molecular formula is C12H12FN3O. The van der Waals surface area contributed by atoms with E-state index in [0.717, 1.165) is 0 Å². The molecule has 0 spiro atoms. The molecule has 1 aromatic carbocycles. The number of anilines is 1. The van der Waals surface area contributed by atoms with Crippen molar-refractivity contribution >= 4 is 11.6 Å². The van der Waals surface area contributed by atoms with Gasteiger partial charge in [0, 0.05) is 31.0 Å². The summed E-state index contributed by atoms with van der Waals surface area (Å²) in [6, 6.07) is 5.83. The van der Waals surface area contributed by atoms with Gasteiger partial charge in [-0.2, -0.15) is 0 Å². The number of hydrogen-bond acceptors (Lipinski definition) is 2. The standard InChI is InChI=1S/C12H12FN3O/c13-10-2-1-3-11(8-10)15-12(17)4-6-16-7-5-14-9-16/h1-3,5,7-9H,4,6H2,(H,15,17). The van der Waals surface area contributed by atoms with Crippen molar-refractivity contribution in [2.24, 2.45) is 0 Å². The Morgan fingerprint density at radius 2 is 2.35 bits per heavy atom. The van der Waals surface area contributed by atoms with Crippen LogP contribution >= 0.6 is 0 Å². The van der Waals surface area contributed by atoms with E-state index in [1.54, 1.807) is 30.9 Å². The smallest absolute Gasteiger partial charge is 0.226 e. The maximum absolute atomic E-state index is 12.9. The Hall–Kier alpha value is -2.17. The number of hydrogen-bond donors (Lipinski definition) is 1. The van der Waals surface area contributed by atoms with Gasteiger partial charge in [0.2, 0.25) is 5.91 Å². The molecule has 0 aliphatic heterocycles. The van der Waals surface area contributed by atoms with E-state index in [4.69, 9.17) is 0 Å². The molecule has 5 heteroatoms. The van der Waals surface area contributed by atoms with E-state index in [1.165, 1.54) is 12.1 Å². The first kappa shape index (κ1) is 11.3. The van der Waals surface area contributed by atoms with Gasteiger partial charge in [-0.1, -0.05) is 6.07 Å². The van der Waals surface area contributed by atoms with Crippen molar-refractivity contribution in [1.82, 2.24) is 9.55 Å². The monoisotopic (exact) mass is 233 g/mol. The summed E-state index contributed by atoms with van der Waals surface area (Å²) in [4.78, 5) is 15.4. The van der Waals surface area contributed by atoms with Crippen molar-refractivity contribution in [1.29, 1.82) is 0 Å².